The van der Waals surface area contributed by atoms with Crippen molar-refractivity contribution < 1.29 is 19.8 Å². The fraction of sp³-hybridized carbons (Fsp3) is 0.0435. The van der Waals surface area contributed by atoms with Crippen LogP contribution in [0.15, 0.2) is 84.6 Å². The molecule has 3 N–H and O–H groups in total. The molecule has 0 unspecified atom stereocenters. The quantitative estimate of drug-likeness (QED) is 0.550. The zero-order valence-corrected chi connectivity index (χ0v) is 16.4. The number of carboxylic acids is 1. The molecule has 1 aliphatic heterocycles. The van der Waals surface area contributed by atoms with E-state index in [-0.39, 0.29) is 23.3 Å². The lowest BCUT2D eigenvalue weighted by atomic mass is 10.1. The Kier molecular flexibility index (Phi) is 5.16. The zero-order valence-electron chi connectivity index (χ0n) is 15.6. The number of rotatable bonds is 5. The highest BCUT2D eigenvalue weighted by Gasteiger charge is 2.34. The van der Waals surface area contributed by atoms with E-state index < -0.39 is 5.97 Å². The van der Waals surface area contributed by atoms with Crippen LogP contribution in [0, 0.1) is 0 Å². The lowest BCUT2D eigenvalue weighted by Gasteiger charge is -2.25. The zero-order chi connectivity index (χ0) is 21.3. The number of benzene rings is 3. The molecule has 6 nitrogen and oxygen atoms in total. The van der Waals surface area contributed by atoms with Crippen LogP contribution in [0.2, 0.25) is 5.02 Å². The Hall–Kier alpha value is -3.77. The van der Waals surface area contributed by atoms with Gasteiger partial charge in [-0.3, -0.25) is 9.69 Å². The van der Waals surface area contributed by atoms with Gasteiger partial charge >= 0.3 is 5.97 Å². The topological polar surface area (TPSA) is 89.9 Å². The normalized spacial score (nSPS) is 15.8. The molecule has 1 aliphatic rings. The molecule has 0 fully saturated rings. The summed E-state index contributed by atoms with van der Waals surface area (Å²) in [5.74, 6) is -1.86. The van der Waals surface area contributed by atoms with E-state index in [9.17, 15) is 14.7 Å². The van der Waals surface area contributed by atoms with Crippen molar-refractivity contribution in [3.05, 3.63) is 101 Å². The Morgan fingerprint density at radius 1 is 1.00 bits per heavy atom. The average molecular weight is 421 g/mol. The summed E-state index contributed by atoms with van der Waals surface area (Å²) in [6.07, 6.45) is 1.79. The van der Waals surface area contributed by atoms with Crippen LogP contribution in [-0.4, -0.2) is 22.1 Å². The van der Waals surface area contributed by atoms with Gasteiger partial charge in [-0.2, -0.15) is 0 Å². The molecule has 3 aromatic carbocycles. The summed E-state index contributed by atoms with van der Waals surface area (Å²) >= 11 is 6.01. The van der Waals surface area contributed by atoms with Gasteiger partial charge in [0.2, 0.25) is 0 Å². The van der Waals surface area contributed by atoms with Crippen LogP contribution in [0.4, 0.5) is 11.4 Å². The molecule has 0 bridgehead atoms. The predicted octanol–water partition coefficient (Wildman–Crippen LogP) is 4.83. The van der Waals surface area contributed by atoms with E-state index in [2.05, 4.69) is 5.32 Å². The van der Waals surface area contributed by atoms with E-state index in [1.54, 1.807) is 23.1 Å². The van der Waals surface area contributed by atoms with Gasteiger partial charge in [0.25, 0.3) is 5.91 Å². The standard InChI is InChI=1S/C23H17ClN2O4/c24-15-8-6-14(7-9-15)20-13-19(22(28)26(20)17-4-2-1-3-5-17)25-16-10-11-18(23(29)30)21(27)12-16/h1-13,20,25,27H,(H,29,30)/t20-/m0/s1. The molecule has 0 aromatic heterocycles. The van der Waals surface area contributed by atoms with Crippen molar-refractivity contribution in [2.75, 3.05) is 10.2 Å². The van der Waals surface area contributed by atoms with Gasteiger partial charge in [0.05, 0.1) is 6.04 Å². The third kappa shape index (κ3) is 3.73. The van der Waals surface area contributed by atoms with Crippen molar-refractivity contribution in [3.63, 3.8) is 0 Å². The minimum Gasteiger partial charge on any atom is -0.507 e. The van der Waals surface area contributed by atoms with Crippen LogP contribution in [0.5, 0.6) is 5.75 Å². The van der Waals surface area contributed by atoms with Gasteiger partial charge in [-0.05, 0) is 48.0 Å². The number of amides is 1. The lowest BCUT2D eigenvalue weighted by Crippen LogP contribution is -2.30. The van der Waals surface area contributed by atoms with Gasteiger partial charge < -0.3 is 15.5 Å². The summed E-state index contributed by atoms with van der Waals surface area (Å²) < 4.78 is 0. The average Bonchev–Trinajstić information content (AvgIpc) is 3.05. The molecule has 30 heavy (non-hydrogen) atoms. The third-order valence-electron chi connectivity index (χ3n) is 4.80. The van der Waals surface area contributed by atoms with Crippen molar-refractivity contribution >= 4 is 34.9 Å². The smallest absolute Gasteiger partial charge is 0.339 e. The molecule has 7 heteroatoms. The Morgan fingerprint density at radius 2 is 1.70 bits per heavy atom. The number of aromatic carboxylic acids is 1. The molecule has 4 rings (SSSR count). The van der Waals surface area contributed by atoms with Gasteiger partial charge in [0.15, 0.2) is 0 Å². The van der Waals surface area contributed by atoms with Crippen molar-refractivity contribution in [1.82, 2.24) is 0 Å². The second kappa shape index (κ2) is 7.93. The first kappa shape index (κ1) is 19.5. The fourth-order valence-corrected chi connectivity index (χ4v) is 3.50. The Balaban J connectivity index is 1.70. The Labute approximate surface area is 177 Å². The van der Waals surface area contributed by atoms with Crippen molar-refractivity contribution in [2.24, 2.45) is 0 Å². The first-order valence-corrected chi connectivity index (χ1v) is 9.51. The highest BCUT2D eigenvalue weighted by Crippen LogP contribution is 2.36. The minimum atomic E-state index is -1.23. The van der Waals surface area contributed by atoms with Gasteiger partial charge in [-0.25, -0.2) is 4.79 Å². The first-order valence-electron chi connectivity index (χ1n) is 9.13. The molecule has 0 spiro atoms. The number of carboxylic acid groups (broad SMARTS) is 1. The molecule has 1 amide bonds. The second-order valence-electron chi connectivity index (χ2n) is 6.75. The molecule has 1 atom stereocenters. The van der Waals surface area contributed by atoms with Crippen LogP contribution in [0.25, 0.3) is 0 Å². The summed E-state index contributed by atoms with van der Waals surface area (Å²) in [6.45, 7) is 0. The van der Waals surface area contributed by atoms with Crippen LogP contribution >= 0.6 is 11.6 Å². The molecule has 150 valence electrons. The molecule has 1 heterocycles. The summed E-state index contributed by atoms with van der Waals surface area (Å²) in [6, 6.07) is 20.3. The molecule has 0 radical (unpaired) electrons. The molecular formula is C23H17ClN2O4. The summed E-state index contributed by atoms with van der Waals surface area (Å²) in [5.41, 5.74) is 2.14. The number of nitrogens with one attached hydrogen (secondary N) is 1. The molecule has 0 aliphatic carbocycles. The summed E-state index contributed by atoms with van der Waals surface area (Å²) in [7, 11) is 0. The van der Waals surface area contributed by atoms with E-state index in [1.807, 2.05) is 42.5 Å². The van der Waals surface area contributed by atoms with E-state index in [4.69, 9.17) is 16.7 Å². The number of phenols is 1. The van der Waals surface area contributed by atoms with Crippen LogP contribution in [-0.2, 0) is 4.79 Å². The number of hydrogen-bond acceptors (Lipinski definition) is 4. The van der Waals surface area contributed by atoms with Gasteiger partial charge in [-0.15, -0.1) is 0 Å². The fourth-order valence-electron chi connectivity index (χ4n) is 3.37. The number of nitrogens with zero attached hydrogens (tertiary/aromatic N) is 1. The number of halogens is 1. The maximum absolute atomic E-state index is 13.2. The monoisotopic (exact) mass is 420 g/mol. The predicted molar refractivity (Wildman–Crippen MR) is 115 cm³/mol. The van der Waals surface area contributed by atoms with Crippen LogP contribution < -0.4 is 10.2 Å². The molecule has 3 aromatic rings. The number of aromatic hydroxyl groups is 1. The largest absolute Gasteiger partial charge is 0.507 e. The number of para-hydroxylation sites is 1. The highest BCUT2D eigenvalue weighted by atomic mass is 35.5. The SMILES string of the molecule is O=C(O)c1ccc(NC2=C[C@@H](c3ccc(Cl)cc3)N(c3ccccc3)C2=O)cc1O. The van der Waals surface area contributed by atoms with E-state index >= 15 is 0 Å². The van der Waals surface area contributed by atoms with Gasteiger partial charge in [-0.1, -0.05) is 41.9 Å². The van der Waals surface area contributed by atoms with E-state index in [1.165, 1.54) is 18.2 Å². The molecule has 0 saturated carbocycles. The first-order chi connectivity index (χ1) is 14.4. The van der Waals surface area contributed by atoms with Crippen LogP contribution in [0.3, 0.4) is 0 Å². The number of carbonyl (C=O) groups is 2. The van der Waals surface area contributed by atoms with Crippen molar-refractivity contribution in [3.8, 4) is 5.75 Å². The lowest BCUT2D eigenvalue weighted by molar-refractivity contribution is -0.114. The van der Waals surface area contributed by atoms with Crippen molar-refractivity contribution in [2.45, 2.75) is 6.04 Å². The number of hydrogen-bond donors (Lipinski definition) is 3. The Bertz CT molecular complexity index is 1140. The minimum absolute atomic E-state index is 0.211. The van der Waals surface area contributed by atoms with E-state index in [0.717, 1.165) is 11.3 Å². The second-order valence-corrected chi connectivity index (χ2v) is 7.19. The third-order valence-corrected chi connectivity index (χ3v) is 5.06. The maximum Gasteiger partial charge on any atom is 0.339 e. The maximum atomic E-state index is 13.2. The van der Waals surface area contributed by atoms with Crippen molar-refractivity contribution in [1.29, 1.82) is 0 Å². The van der Waals surface area contributed by atoms with E-state index in [0.29, 0.717) is 16.4 Å². The molecular weight excluding hydrogens is 404 g/mol. The summed E-state index contributed by atoms with van der Waals surface area (Å²) in [5, 5.41) is 22.6. The van der Waals surface area contributed by atoms with Gasteiger partial charge in [0, 0.05) is 22.5 Å². The molecule has 0 saturated heterocycles. The Morgan fingerprint density at radius 3 is 2.33 bits per heavy atom. The van der Waals surface area contributed by atoms with Gasteiger partial charge in [0.1, 0.15) is 17.0 Å². The van der Waals surface area contributed by atoms with Crippen LogP contribution in [0.1, 0.15) is 22.0 Å². The summed E-state index contributed by atoms with van der Waals surface area (Å²) in [4.78, 5) is 26.0. The highest BCUT2D eigenvalue weighted by molar-refractivity contribution is 6.30. The number of carbonyl (C=O) groups excluding carboxylic acids is 1. The number of anilines is 2.